The molecule has 1 aromatic heterocycles. The number of benzene rings is 1. The molecule has 0 fully saturated rings. The summed E-state index contributed by atoms with van der Waals surface area (Å²) in [7, 11) is 1.90. The van der Waals surface area contributed by atoms with E-state index in [1.54, 1.807) is 0 Å². The first kappa shape index (κ1) is 15.3. The lowest BCUT2D eigenvalue weighted by Crippen LogP contribution is -2.32. The van der Waals surface area contributed by atoms with Gasteiger partial charge in [0.25, 0.3) is 0 Å². The van der Waals surface area contributed by atoms with E-state index in [2.05, 4.69) is 24.2 Å². The van der Waals surface area contributed by atoms with Crippen molar-refractivity contribution in [3.63, 3.8) is 0 Å². The standard InChI is InChI=1S/C16H21N3O2/c1-3-7-15(14-8-5-4-6-9-14)21-13-19-11-10-18(2)16(19)12-17-20/h4-6,8-12,15H,3,7,13H2,1-2H3/p+1. The van der Waals surface area contributed by atoms with Crippen LogP contribution in [0.4, 0.5) is 0 Å². The zero-order valence-corrected chi connectivity index (χ0v) is 12.5. The number of hydrogen-bond acceptors (Lipinski definition) is 3. The zero-order valence-electron chi connectivity index (χ0n) is 12.5. The maximum absolute atomic E-state index is 8.73. The van der Waals surface area contributed by atoms with Crippen LogP contribution in [0, 0.1) is 0 Å². The highest BCUT2D eigenvalue weighted by Gasteiger charge is 2.16. The molecule has 0 amide bonds. The molecule has 0 saturated carbocycles. The molecular formula is C16H22N3O2+. The van der Waals surface area contributed by atoms with Gasteiger partial charge in [-0.05, 0) is 12.0 Å². The third-order valence-electron chi connectivity index (χ3n) is 3.44. The number of ether oxygens (including phenoxy) is 1. The molecule has 0 saturated heterocycles. The van der Waals surface area contributed by atoms with Gasteiger partial charge < -0.3 is 9.94 Å². The molecule has 0 radical (unpaired) electrons. The monoisotopic (exact) mass is 288 g/mol. The Labute approximate surface area is 125 Å². The Morgan fingerprint density at radius 2 is 2.14 bits per heavy atom. The van der Waals surface area contributed by atoms with Crippen LogP contribution >= 0.6 is 0 Å². The highest BCUT2D eigenvalue weighted by atomic mass is 16.5. The van der Waals surface area contributed by atoms with Gasteiger partial charge in [0.2, 0.25) is 0 Å². The van der Waals surface area contributed by atoms with Crippen molar-refractivity contribution in [2.45, 2.75) is 32.6 Å². The molecule has 1 unspecified atom stereocenters. The number of rotatable bonds is 7. The Hall–Kier alpha value is -2.14. The van der Waals surface area contributed by atoms with Crippen LogP contribution in [-0.2, 0) is 18.5 Å². The predicted octanol–water partition coefficient (Wildman–Crippen LogP) is 2.64. The van der Waals surface area contributed by atoms with Crippen LogP contribution in [0.1, 0.15) is 37.3 Å². The molecule has 21 heavy (non-hydrogen) atoms. The van der Waals surface area contributed by atoms with E-state index >= 15 is 0 Å². The van der Waals surface area contributed by atoms with Crippen LogP contribution in [0.5, 0.6) is 0 Å². The van der Waals surface area contributed by atoms with Crippen molar-refractivity contribution in [2.75, 3.05) is 0 Å². The third kappa shape index (κ3) is 3.92. The number of imidazole rings is 1. The molecule has 1 aromatic carbocycles. The van der Waals surface area contributed by atoms with Gasteiger partial charge in [0.15, 0.2) is 12.9 Å². The number of aryl methyl sites for hydroxylation is 1. The lowest BCUT2D eigenvalue weighted by atomic mass is 10.1. The summed E-state index contributed by atoms with van der Waals surface area (Å²) in [6, 6.07) is 10.2. The normalized spacial score (nSPS) is 12.9. The molecule has 1 N–H and O–H groups in total. The lowest BCUT2D eigenvalue weighted by Gasteiger charge is -2.16. The maximum atomic E-state index is 8.73. The fourth-order valence-electron chi connectivity index (χ4n) is 2.31. The molecule has 0 aliphatic heterocycles. The van der Waals surface area contributed by atoms with Crippen LogP contribution in [0.25, 0.3) is 0 Å². The highest BCUT2D eigenvalue weighted by Crippen LogP contribution is 2.22. The maximum Gasteiger partial charge on any atom is 0.305 e. The Bertz CT molecular complexity index is 578. The van der Waals surface area contributed by atoms with Crippen molar-refractivity contribution >= 4 is 6.21 Å². The summed E-state index contributed by atoms with van der Waals surface area (Å²) in [5.41, 5.74) is 1.19. The van der Waals surface area contributed by atoms with Gasteiger partial charge in [-0.2, -0.15) is 0 Å². The van der Waals surface area contributed by atoms with Gasteiger partial charge in [-0.3, -0.25) is 0 Å². The molecule has 2 aromatic rings. The molecule has 5 heteroatoms. The topological polar surface area (TPSA) is 50.6 Å². The van der Waals surface area contributed by atoms with Crippen molar-refractivity contribution < 1.29 is 14.5 Å². The lowest BCUT2D eigenvalue weighted by molar-refractivity contribution is -0.672. The summed E-state index contributed by atoms with van der Waals surface area (Å²) >= 11 is 0. The molecule has 2 rings (SSSR count). The third-order valence-corrected chi connectivity index (χ3v) is 3.44. The Morgan fingerprint density at radius 1 is 1.38 bits per heavy atom. The van der Waals surface area contributed by atoms with Gasteiger partial charge in [-0.15, -0.1) is 0 Å². The number of aromatic nitrogens is 2. The van der Waals surface area contributed by atoms with E-state index in [0.717, 1.165) is 18.7 Å². The van der Waals surface area contributed by atoms with Gasteiger partial charge in [0, 0.05) is 0 Å². The van der Waals surface area contributed by atoms with E-state index in [1.165, 1.54) is 11.8 Å². The van der Waals surface area contributed by atoms with Gasteiger partial charge in [-0.1, -0.05) is 48.8 Å². The van der Waals surface area contributed by atoms with Crippen LogP contribution in [-0.4, -0.2) is 16.0 Å². The smallest absolute Gasteiger partial charge is 0.305 e. The first-order chi connectivity index (χ1) is 10.3. The van der Waals surface area contributed by atoms with E-state index in [-0.39, 0.29) is 6.10 Å². The van der Waals surface area contributed by atoms with Crippen LogP contribution in [0.2, 0.25) is 0 Å². The Balaban J connectivity index is 2.09. The molecule has 0 bridgehead atoms. The second-order valence-electron chi connectivity index (χ2n) is 4.97. The number of oxime groups is 1. The average Bonchev–Trinajstić information content (AvgIpc) is 2.86. The van der Waals surface area contributed by atoms with Crippen molar-refractivity contribution in [3.8, 4) is 0 Å². The second kappa shape index (κ2) is 7.59. The number of nitrogens with zero attached hydrogens (tertiary/aromatic N) is 3. The summed E-state index contributed by atoms with van der Waals surface area (Å²) in [4.78, 5) is 0. The fraction of sp³-hybridized carbons (Fsp3) is 0.375. The minimum atomic E-state index is 0.0721. The van der Waals surface area contributed by atoms with Crippen LogP contribution < -0.4 is 4.57 Å². The Kier molecular flexibility index (Phi) is 5.51. The molecule has 0 aliphatic carbocycles. The van der Waals surface area contributed by atoms with Crippen molar-refractivity contribution in [1.29, 1.82) is 0 Å². The minimum Gasteiger partial charge on any atom is -0.411 e. The molecule has 1 heterocycles. The van der Waals surface area contributed by atoms with E-state index in [0.29, 0.717) is 6.73 Å². The summed E-state index contributed by atoms with van der Waals surface area (Å²) < 4.78 is 9.84. The molecule has 112 valence electrons. The van der Waals surface area contributed by atoms with Gasteiger partial charge in [0.1, 0.15) is 12.4 Å². The van der Waals surface area contributed by atoms with Crippen LogP contribution in [0.3, 0.4) is 0 Å². The average molecular weight is 288 g/mol. The number of hydrogen-bond donors (Lipinski definition) is 1. The molecule has 0 spiro atoms. The molecule has 0 aliphatic rings. The first-order valence-electron chi connectivity index (χ1n) is 7.15. The van der Waals surface area contributed by atoms with Crippen molar-refractivity contribution in [1.82, 2.24) is 4.57 Å². The largest absolute Gasteiger partial charge is 0.411 e. The zero-order chi connectivity index (χ0) is 15.1. The molecular weight excluding hydrogens is 266 g/mol. The minimum absolute atomic E-state index is 0.0721. The summed E-state index contributed by atoms with van der Waals surface area (Å²) in [5.74, 6) is 0.779. The van der Waals surface area contributed by atoms with Crippen LogP contribution in [0.15, 0.2) is 47.9 Å². The molecule has 1 atom stereocenters. The van der Waals surface area contributed by atoms with Gasteiger partial charge in [-0.25, -0.2) is 9.13 Å². The second-order valence-corrected chi connectivity index (χ2v) is 4.97. The molecule has 5 nitrogen and oxygen atoms in total. The fourth-order valence-corrected chi connectivity index (χ4v) is 2.31. The van der Waals surface area contributed by atoms with E-state index in [4.69, 9.17) is 9.94 Å². The summed E-state index contributed by atoms with van der Waals surface area (Å²) in [6.45, 7) is 2.57. The summed E-state index contributed by atoms with van der Waals surface area (Å²) in [6.07, 6.45) is 7.32. The van der Waals surface area contributed by atoms with Gasteiger partial charge >= 0.3 is 5.82 Å². The van der Waals surface area contributed by atoms with Crippen molar-refractivity contribution in [3.05, 3.63) is 54.1 Å². The quantitative estimate of drug-likeness (QED) is 0.368. The van der Waals surface area contributed by atoms with E-state index in [1.807, 2.05) is 46.8 Å². The van der Waals surface area contributed by atoms with E-state index < -0.39 is 0 Å². The predicted molar refractivity (Wildman–Crippen MR) is 80.2 cm³/mol. The Morgan fingerprint density at radius 3 is 2.81 bits per heavy atom. The SMILES string of the molecule is CCCC(OCn1cc[n+](C)c1/C=N/O)c1ccccc1. The first-order valence-corrected chi connectivity index (χ1v) is 7.15. The summed E-state index contributed by atoms with van der Waals surface area (Å²) in [5, 5.41) is 11.8. The highest BCUT2D eigenvalue weighted by molar-refractivity contribution is 5.72. The van der Waals surface area contributed by atoms with Gasteiger partial charge in [0.05, 0.1) is 13.2 Å². The van der Waals surface area contributed by atoms with Crippen molar-refractivity contribution in [2.24, 2.45) is 12.2 Å². The van der Waals surface area contributed by atoms with E-state index in [9.17, 15) is 0 Å².